The van der Waals surface area contributed by atoms with Crippen LogP contribution in [-0.2, 0) is 6.54 Å². The van der Waals surface area contributed by atoms with Gasteiger partial charge in [0.15, 0.2) is 0 Å². The third kappa shape index (κ3) is 6.58. The first-order chi connectivity index (χ1) is 14.5. The van der Waals surface area contributed by atoms with Crippen molar-refractivity contribution < 1.29 is 9.85 Å². The number of nitro benzene ring substituents is 2. The Balaban J connectivity index is 1.63. The van der Waals surface area contributed by atoms with Gasteiger partial charge in [-0.05, 0) is 29.8 Å². The second-order valence-electron chi connectivity index (χ2n) is 6.36. The topological polar surface area (TPSA) is 89.5 Å². The van der Waals surface area contributed by atoms with Crippen molar-refractivity contribution >= 4 is 34.9 Å². The van der Waals surface area contributed by atoms with Crippen LogP contribution in [0.5, 0.6) is 0 Å². The van der Waals surface area contributed by atoms with Gasteiger partial charge in [0, 0.05) is 40.6 Å². The standard InChI is InChI=1S/C21H19N3O4S2/c25-23(26)18-6-10-20(11-7-18)29-15-22(14-17-4-2-1-3-5-17)16-30-21-12-8-19(9-13-21)24(27)28/h1-13H,14-16H2. The third-order valence-electron chi connectivity index (χ3n) is 4.17. The summed E-state index contributed by atoms with van der Waals surface area (Å²) in [5.41, 5.74) is 1.34. The number of nitrogens with zero attached hydrogens (tertiary/aromatic N) is 3. The van der Waals surface area contributed by atoms with Crippen molar-refractivity contribution in [1.29, 1.82) is 0 Å². The molecule has 30 heavy (non-hydrogen) atoms. The Bertz CT molecular complexity index is 922. The summed E-state index contributed by atoms with van der Waals surface area (Å²) < 4.78 is 0. The van der Waals surface area contributed by atoms with Gasteiger partial charge in [0.05, 0.1) is 21.6 Å². The van der Waals surface area contributed by atoms with E-state index >= 15 is 0 Å². The highest BCUT2D eigenvalue weighted by molar-refractivity contribution is 8.00. The highest BCUT2D eigenvalue weighted by Crippen LogP contribution is 2.26. The molecule has 3 aromatic rings. The number of non-ortho nitro benzene ring substituents is 2. The Labute approximate surface area is 182 Å². The van der Waals surface area contributed by atoms with E-state index in [1.54, 1.807) is 47.8 Å². The van der Waals surface area contributed by atoms with Crippen LogP contribution in [-0.4, -0.2) is 26.5 Å². The average Bonchev–Trinajstić information content (AvgIpc) is 2.77. The molecule has 0 radical (unpaired) electrons. The third-order valence-corrected chi connectivity index (χ3v) is 6.37. The van der Waals surface area contributed by atoms with Gasteiger partial charge in [0.25, 0.3) is 11.4 Å². The van der Waals surface area contributed by atoms with Crippen LogP contribution in [0.2, 0.25) is 0 Å². The van der Waals surface area contributed by atoms with E-state index in [-0.39, 0.29) is 11.4 Å². The molecule has 0 atom stereocenters. The zero-order valence-electron chi connectivity index (χ0n) is 15.9. The molecule has 0 amide bonds. The van der Waals surface area contributed by atoms with E-state index in [1.807, 2.05) is 18.2 Å². The molecule has 0 unspecified atom stereocenters. The van der Waals surface area contributed by atoms with Crippen LogP contribution in [0, 0.1) is 20.2 Å². The number of rotatable bonds is 10. The monoisotopic (exact) mass is 441 g/mol. The van der Waals surface area contributed by atoms with Crippen LogP contribution in [0.1, 0.15) is 5.56 Å². The molecule has 154 valence electrons. The van der Waals surface area contributed by atoms with Crippen LogP contribution in [0.4, 0.5) is 11.4 Å². The van der Waals surface area contributed by atoms with Gasteiger partial charge in [-0.2, -0.15) is 0 Å². The molecule has 0 aliphatic carbocycles. The molecule has 0 N–H and O–H groups in total. The molecule has 0 saturated carbocycles. The van der Waals surface area contributed by atoms with Gasteiger partial charge in [0.1, 0.15) is 0 Å². The summed E-state index contributed by atoms with van der Waals surface area (Å²) in [6, 6.07) is 23.2. The van der Waals surface area contributed by atoms with Gasteiger partial charge < -0.3 is 0 Å². The number of hydrogen-bond donors (Lipinski definition) is 0. The van der Waals surface area contributed by atoms with Crippen LogP contribution >= 0.6 is 23.5 Å². The minimum atomic E-state index is -0.406. The van der Waals surface area contributed by atoms with Crippen molar-refractivity contribution in [3.8, 4) is 0 Å². The summed E-state index contributed by atoms with van der Waals surface area (Å²) in [5.74, 6) is 1.40. The van der Waals surface area contributed by atoms with Crippen molar-refractivity contribution in [2.75, 3.05) is 11.8 Å². The van der Waals surface area contributed by atoms with E-state index in [2.05, 4.69) is 17.0 Å². The van der Waals surface area contributed by atoms with Crippen molar-refractivity contribution in [3.63, 3.8) is 0 Å². The Kier molecular flexibility index (Phi) is 7.83. The van der Waals surface area contributed by atoms with Gasteiger partial charge in [-0.3, -0.25) is 25.1 Å². The van der Waals surface area contributed by atoms with Gasteiger partial charge in [0.2, 0.25) is 0 Å². The fraction of sp³-hybridized carbons (Fsp3) is 0.143. The summed E-state index contributed by atoms with van der Waals surface area (Å²) in [5, 5.41) is 21.6. The number of nitro groups is 2. The zero-order valence-corrected chi connectivity index (χ0v) is 17.6. The van der Waals surface area contributed by atoms with Crippen LogP contribution in [0.25, 0.3) is 0 Å². The van der Waals surface area contributed by atoms with Crippen LogP contribution in [0.15, 0.2) is 88.7 Å². The van der Waals surface area contributed by atoms with Crippen LogP contribution < -0.4 is 0 Å². The van der Waals surface area contributed by atoms with E-state index in [4.69, 9.17) is 0 Å². The van der Waals surface area contributed by atoms with E-state index in [9.17, 15) is 20.2 Å². The van der Waals surface area contributed by atoms with Gasteiger partial charge in [-0.25, -0.2) is 0 Å². The maximum absolute atomic E-state index is 10.8. The Morgan fingerprint density at radius 1 is 0.667 bits per heavy atom. The SMILES string of the molecule is O=[N+]([O-])c1ccc(SCN(CSc2ccc([N+](=O)[O-])cc2)Cc2ccccc2)cc1. The molecule has 0 aromatic heterocycles. The Morgan fingerprint density at radius 3 is 1.50 bits per heavy atom. The van der Waals surface area contributed by atoms with E-state index in [0.717, 1.165) is 16.3 Å². The van der Waals surface area contributed by atoms with Crippen LogP contribution in [0.3, 0.4) is 0 Å². The molecule has 7 nitrogen and oxygen atoms in total. The fourth-order valence-electron chi connectivity index (χ4n) is 2.63. The lowest BCUT2D eigenvalue weighted by atomic mass is 10.2. The highest BCUT2D eigenvalue weighted by atomic mass is 32.2. The highest BCUT2D eigenvalue weighted by Gasteiger charge is 2.11. The minimum absolute atomic E-state index is 0.0780. The molecule has 0 saturated heterocycles. The normalized spacial score (nSPS) is 10.8. The number of hydrogen-bond acceptors (Lipinski definition) is 7. The van der Waals surface area contributed by atoms with Crippen molar-refractivity contribution in [2.24, 2.45) is 0 Å². The van der Waals surface area contributed by atoms with E-state index in [0.29, 0.717) is 11.8 Å². The Morgan fingerprint density at radius 2 is 1.10 bits per heavy atom. The maximum atomic E-state index is 10.8. The predicted molar refractivity (Wildman–Crippen MR) is 120 cm³/mol. The summed E-state index contributed by atoms with van der Waals surface area (Å²) >= 11 is 3.22. The molecular weight excluding hydrogens is 422 g/mol. The predicted octanol–water partition coefficient (Wildman–Crippen LogP) is 5.80. The molecule has 0 spiro atoms. The average molecular weight is 442 g/mol. The van der Waals surface area contributed by atoms with E-state index in [1.165, 1.54) is 29.8 Å². The molecule has 3 aromatic carbocycles. The van der Waals surface area contributed by atoms with Gasteiger partial charge in [-0.15, -0.1) is 23.5 Å². The lowest BCUT2D eigenvalue weighted by molar-refractivity contribution is -0.385. The molecule has 3 rings (SSSR count). The lowest BCUT2D eigenvalue weighted by Gasteiger charge is -2.21. The van der Waals surface area contributed by atoms with Crippen molar-refractivity contribution in [3.05, 3.63) is 105 Å². The molecule has 0 aliphatic heterocycles. The summed E-state index contributed by atoms with van der Waals surface area (Å²) in [4.78, 5) is 25.0. The maximum Gasteiger partial charge on any atom is 0.269 e. The first-order valence-corrected chi connectivity index (χ1v) is 11.0. The van der Waals surface area contributed by atoms with Crippen molar-refractivity contribution in [1.82, 2.24) is 4.90 Å². The fourth-order valence-corrected chi connectivity index (χ4v) is 4.43. The number of benzene rings is 3. The molecule has 0 bridgehead atoms. The lowest BCUT2D eigenvalue weighted by Crippen LogP contribution is -2.22. The first kappa shape index (κ1) is 21.8. The second-order valence-corrected chi connectivity index (χ2v) is 8.40. The van der Waals surface area contributed by atoms with Gasteiger partial charge in [-0.1, -0.05) is 30.3 Å². The first-order valence-electron chi connectivity index (χ1n) is 9.02. The molecular formula is C21H19N3O4S2. The Hall–Kier alpha value is -2.88. The zero-order chi connectivity index (χ0) is 21.3. The largest absolute Gasteiger partial charge is 0.280 e. The second kappa shape index (κ2) is 10.8. The smallest absolute Gasteiger partial charge is 0.269 e. The molecule has 9 heteroatoms. The summed E-state index contributed by atoms with van der Waals surface area (Å²) in [6.07, 6.45) is 0. The summed E-state index contributed by atoms with van der Waals surface area (Å²) in [7, 11) is 0. The van der Waals surface area contributed by atoms with Gasteiger partial charge >= 0.3 is 0 Å². The minimum Gasteiger partial charge on any atom is -0.280 e. The number of thioether (sulfide) groups is 2. The van der Waals surface area contributed by atoms with E-state index < -0.39 is 9.85 Å². The molecule has 0 aliphatic rings. The molecule has 0 fully saturated rings. The quantitative estimate of drug-likeness (QED) is 0.170. The summed E-state index contributed by atoms with van der Waals surface area (Å²) in [6.45, 7) is 0.751. The molecule has 0 heterocycles. The van der Waals surface area contributed by atoms with Crippen molar-refractivity contribution in [2.45, 2.75) is 16.3 Å².